The molecule has 2 aromatic heterocycles. The number of aromatic nitrogens is 3. The summed E-state index contributed by atoms with van der Waals surface area (Å²) in [4.78, 5) is 18.1. The van der Waals surface area contributed by atoms with Gasteiger partial charge in [-0.1, -0.05) is 18.0 Å². The molecule has 5 nitrogen and oxygen atoms in total. The first-order chi connectivity index (χ1) is 11.8. The van der Waals surface area contributed by atoms with E-state index < -0.39 is 17.8 Å². The number of H-pyrrole nitrogens is 1. The Hall–Kier alpha value is -2.09. The van der Waals surface area contributed by atoms with Crippen molar-refractivity contribution in [3.63, 3.8) is 0 Å². The molecule has 0 saturated heterocycles. The third-order valence-electron chi connectivity index (χ3n) is 4.31. The van der Waals surface area contributed by atoms with Crippen molar-refractivity contribution in [3.05, 3.63) is 46.5 Å². The van der Waals surface area contributed by atoms with Crippen molar-refractivity contribution in [2.45, 2.75) is 32.0 Å². The van der Waals surface area contributed by atoms with E-state index in [9.17, 15) is 18.0 Å². The van der Waals surface area contributed by atoms with Gasteiger partial charge in [-0.2, -0.15) is 18.3 Å². The average molecular weight is 373 g/mol. The third-order valence-corrected chi connectivity index (χ3v) is 4.65. The normalized spacial score (nSPS) is 15.0. The lowest BCUT2D eigenvalue weighted by molar-refractivity contribution is -0.141. The summed E-state index contributed by atoms with van der Waals surface area (Å²) >= 11 is 6.10. The van der Waals surface area contributed by atoms with E-state index in [1.165, 1.54) is 11.1 Å². The summed E-state index contributed by atoms with van der Waals surface area (Å²) < 4.78 is 38.1. The molecule has 1 amide bonds. The summed E-state index contributed by atoms with van der Waals surface area (Å²) in [5.74, 6) is -0.169. The number of aromatic amines is 1. The Kier molecular flexibility index (Phi) is 4.99. The summed E-state index contributed by atoms with van der Waals surface area (Å²) in [5, 5.41) is 5.80. The van der Waals surface area contributed by atoms with E-state index in [-0.39, 0.29) is 12.2 Å². The van der Waals surface area contributed by atoms with Crippen LogP contribution in [0.4, 0.5) is 13.2 Å². The van der Waals surface area contributed by atoms with Crippen LogP contribution < -0.4 is 0 Å². The lowest BCUT2D eigenvalue weighted by Gasteiger charge is -2.32. The van der Waals surface area contributed by atoms with E-state index in [1.807, 2.05) is 0 Å². The van der Waals surface area contributed by atoms with Crippen molar-refractivity contribution in [3.8, 4) is 0 Å². The maximum atomic E-state index is 12.7. The Balaban J connectivity index is 1.81. The van der Waals surface area contributed by atoms with Crippen LogP contribution in [0, 0.1) is 5.92 Å². The summed E-state index contributed by atoms with van der Waals surface area (Å²) in [6.07, 6.45) is 1.55. The second-order valence-corrected chi connectivity index (χ2v) is 6.52. The standard InChI is InChI=1S/C16H16ClF3N4O/c17-12-7-21-5-4-11(12)9-24(8-10-2-1-3-10)15(25)13-6-14(23-22-13)16(18,19)20/h4-7,10H,1-3,8-9H2,(H,22,23). The molecule has 2 aromatic rings. The highest BCUT2D eigenvalue weighted by atomic mass is 35.5. The topological polar surface area (TPSA) is 61.9 Å². The highest BCUT2D eigenvalue weighted by Gasteiger charge is 2.35. The van der Waals surface area contributed by atoms with Crippen LogP contribution in [0.2, 0.25) is 5.02 Å². The minimum atomic E-state index is -4.59. The number of rotatable bonds is 5. The number of hydrogen-bond donors (Lipinski definition) is 1. The molecule has 1 aliphatic rings. The monoisotopic (exact) mass is 372 g/mol. The van der Waals surface area contributed by atoms with Gasteiger partial charge in [0.1, 0.15) is 5.69 Å². The fourth-order valence-corrected chi connectivity index (χ4v) is 2.87. The highest BCUT2D eigenvalue weighted by Crippen LogP contribution is 2.30. The number of nitrogens with one attached hydrogen (secondary N) is 1. The summed E-state index contributed by atoms with van der Waals surface area (Å²) in [6.45, 7) is 0.676. The van der Waals surface area contributed by atoms with E-state index in [0.29, 0.717) is 23.0 Å². The molecule has 3 rings (SSSR count). The Bertz CT molecular complexity index is 758. The van der Waals surface area contributed by atoms with E-state index >= 15 is 0 Å². The van der Waals surface area contributed by atoms with Gasteiger partial charge in [0.25, 0.3) is 5.91 Å². The van der Waals surface area contributed by atoms with Crippen LogP contribution in [0.15, 0.2) is 24.5 Å². The first-order valence-electron chi connectivity index (χ1n) is 7.85. The predicted molar refractivity (Wildman–Crippen MR) is 84.9 cm³/mol. The maximum absolute atomic E-state index is 12.7. The van der Waals surface area contributed by atoms with Gasteiger partial charge in [0.05, 0.1) is 5.02 Å². The summed E-state index contributed by atoms with van der Waals surface area (Å²) in [6, 6.07) is 2.43. The zero-order valence-corrected chi connectivity index (χ0v) is 13.9. The molecule has 2 heterocycles. The number of alkyl halides is 3. The first kappa shape index (κ1) is 17.7. The largest absolute Gasteiger partial charge is 0.435 e. The molecule has 1 N–H and O–H groups in total. The molecule has 9 heteroatoms. The van der Waals surface area contributed by atoms with Crippen molar-refractivity contribution in [1.29, 1.82) is 0 Å². The summed E-state index contributed by atoms with van der Waals surface area (Å²) in [7, 11) is 0. The molecule has 1 saturated carbocycles. The molecular formula is C16H16ClF3N4O. The van der Waals surface area contributed by atoms with Gasteiger partial charge in [-0.3, -0.25) is 14.9 Å². The van der Waals surface area contributed by atoms with Crippen molar-refractivity contribution >= 4 is 17.5 Å². The quantitative estimate of drug-likeness (QED) is 0.865. The fraction of sp³-hybridized carbons (Fsp3) is 0.438. The zero-order chi connectivity index (χ0) is 18.0. The van der Waals surface area contributed by atoms with E-state index in [1.54, 1.807) is 12.3 Å². The van der Waals surface area contributed by atoms with Crippen molar-refractivity contribution in [1.82, 2.24) is 20.1 Å². The second kappa shape index (κ2) is 7.03. The maximum Gasteiger partial charge on any atom is 0.435 e. The lowest BCUT2D eigenvalue weighted by atomic mass is 9.85. The number of halogens is 4. The molecule has 1 aliphatic carbocycles. The van der Waals surface area contributed by atoms with Crippen LogP contribution in [-0.4, -0.2) is 32.5 Å². The molecule has 0 aromatic carbocycles. The van der Waals surface area contributed by atoms with Crippen molar-refractivity contribution in [2.75, 3.05) is 6.54 Å². The predicted octanol–water partition coefficient (Wildman–Crippen LogP) is 3.92. The van der Waals surface area contributed by atoms with Gasteiger partial charge in [-0.15, -0.1) is 0 Å². The Labute approximate surface area is 147 Å². The number of carbonyl (C=O) groups is 1. The minimum absolute atomic E-state index is 0.183. The van der Waals surface area contributed by atoms with Crippen LogP contribution in [0.25, 0.3) is 0 Å². The summed E-state index contributed by atoms with van der Waals surface area (Å²) in [5.41, 5.74) is -0.599. The molecule has 0 atom stereocenters. The molecule has 0 aliphatic heterocycles. The fourth-order valence-electron chi connectivity index (χ4n) is 2.69. The van der Waals surface area contributed by atoms with Gasteiger partial charge in [-0.25, -0.2) is 0 Å². The van der Waals surface area contributed by atoms with Crippen LogP contribution in [0.1, 0.15) is 41.0 Å². The second-order valence-electron chi connectivity index (χ2n) is 6.11. The van der Waals surface area contributed by atoms with Crippen LogP contribution in [0.3, 0.4) is 0 Å². The van der Waals surface area contributed by atoms with Gasteiger partial charge in [0, 0.05) is 31.5 Å². The number of nitrogens with zero attached hydrogens (tertiary/aromatic N) is 3. The molecule has 0 bridgehead atoms. The number of amides is 1. The van der Waals surface area contributed by atoms with Crippen molar-refractivity contribution < 1.29 is 18.0 Å². The Morgan fingerprint density at radius 1 is 1.40 bits per heavy atom. The third kappa shape index (κ3) is 4.12. The van der Waals surface area contributed by atoms with Crippen LogP contribution >= 0.6 is 11.6 Å². The average Bonchev–Trinajstić information content (AvgIpc) is 3.01. The molecule has 25 heavy (non-hydrogen) atoms. The molecule has 1 fully saturated rings. The van der Waals surface area contributed by atoms with Gasteiger partial charge in [0.15, 0.2) is 5.69 Å². The van der Waals surface area contributed by atoms with Crippen LogP contribution in [-0.2, 0) is 12.7 Å². The van der Waals surface area contributed by atoms with Gasteiger partial charge in [-0.05, 0) is 30.4 Å². The zero-order valence-electron chi connectivity index (χ0n) is 13.2. The molecule has 134 valence electrons. The molecular weight excluding hydrogens is 357 g/mol. The highest BCUT2D eigenvalue weighted by molar-refractivity contribution is 6.31. The Morgan fingerprint density at radius 2 is 2.16 bits per heavy atom. The number of hydrogen-bond acceptors (Lipinski definition) is 3. The number of carbonyl (C=O) groups excluding carboxylic acids is 1. The van der Waals surface area contributed by atoms with Crippen LogP contribution in [0.5, 0.6) is 0 Å². The Morgan fingerprint density at radius 3 is 2.72 bits per heavy atom. The smallest absolute Gasteiger partial charge is 0.333 e. The number of pyridine rings is 1. The van der Waals surface area contributed by atoms with Gasteiger partial charge < -0.3 is 4.90 Å². The van der Waals surface area contributed by atoms with Gasteiger partial charge in [0.2, 0.25) is 0 Å². The van der Waals surface area contributed by atoms with E-state index in [2.05, 4.69) is 15.2 Å². The molecule has 0 radical (unpaired) electrons. The molecule has 0 spiro atoms. The van der Waals surface area contributed by atoms with E-state index in [0.717, 1.165) is 25.3 Å². The lowest BCUT2D eigenvalue weighted by Crippen LogP contribution is -2.37. The molecule has 0 unspecified atom stereocenters. The first-order valence-corrected chi connectivity index (χ1v) is 8.22. The SMILES string of the molecule is O=C(c1cc(C(F)(F)F)n[nH]1)N(Cc1ccncc1Cl)CC1CCC1. The van der Waals surface area contributed by atoms with E-state index in [4.69, 9.17) is 11.6 Å². The minimum Gasteiger partial charge on any atom is -0.333 e. The van der Waals surface area contributed by atoms with Crippen molar-refractivity contribution in [2.24, 2.45) is 5.92 Å². The van der Waals surface area contributed by atoms with Gasteiger partial charge >= 0.3 is 6.18 Å².